The van der Waals surface area contributed by atoms with Crippen LogP contribution in [0.25, 0.3) is 0 Å². The highest BCUT2D eigenvalue weighted by Crippen LogP contribution is 2.34. The van der Waals surface area contributed by atoms with Crippen LogP contribution < -0.4 is 9.64 Å². The van der Waals surface area contributed by atoms with E-state index in [1.165, 1.54) is 13.0 Å². The first-order chi connectivity index (χ1) is 9.29. The molecule has 0 fully saturated rings. The third-order valence-electron chi connectivity index (χ3n) is 2.88. The minimum atomic E-state index is -4.90. The molecule has 0 unspecified atom stereocenters. The molecule has 1 amide bonds. The number of alkyl halides is 3. The maximum Gasteiger partial charge on any atom is 0.471 e. The van der Waals surface area contributed by atoms with Gasteiger partial charge in [0.2, 0.25) is 0 Å². The van der Waals surface area contributed by atoms with Gasteiger partial charge in [0, 0.05) is 12.6 Å². The van der Waals surface area contributed by atoms with E-state index in [0.717, 1.165) is 0 Å². The molecule has 108 valence electrons. The molecule has 20 heavy (non-hydrogen) atoms. The zero-order valence-corrected chi connectivity index (χ0v) is 10.7. The second-order valence-corrected chi connectivity index (χ2v) is 4.49. The number of nitrogens with zero attached hydrogens (tertiary/aromatic N) is 1. The Labute approximate surface area is 113 Å². The molecule has 0 aliphatic carbocycles. The number of carbonyl (C=O) groups excluding carboxylic acids is 2. The maximum atomic E-state index is 12.5. The Kier molecular flexibility index (Phi) is 3.69. The van der Waals surface area contributed by atoms with Gasteiger partial charge in [-0.15, -0.1) is 0 Å². The number of hydrogen-bond donors (Lipinski definition) is 0. The predicted octanol–water partition coefficient (Wildman–Crippen LogP) is 2.11. The van der Waals surface area contributed by atoms with Crippen LogP contribution >= 0.6 is 0 Å². The number of halogens is 3. The lowest BCUT2D eigenvalue weighted by Gasteiger charge is -2.19. The third-order valence-corrected chi connectivity index (χ3v) is 2.88. The van der Waals surface area contributed by atoms with E-state index in [1.54, 1.807) is 12.1 Å². The van der Waals surface area contributed by atoms with E-state index in [9.17, 15) is 22.8 Å². The van der Waals surface area contributed by atoms with Crippen LogP contribution in [0, 0.1) is 0 Å². The first kappa shape index (κ1) is 14.4. The molecule has 0 N–H and O–H groups in total. The highest BCUT2D eigenvalue weighted by atomic mass is 19.4. The molecule has 0 aromatic heterocycles. The molecular formula is C13H12F3NO3. The molecule has 0 radical (unpaired) electrons. The molecule has 0 spiro atoms. The van der Waals surface area contributed by atoms with Crippen molar-refractivity contribution in [1.82, 2.24) is 0 Å². The monoisotopic (exact) mass is 287 g/mol. The highest BCUT2D eigenvalue weighted by Gasteiger charge is 2.44. The van der Waals surface area contributed by atoms with Gasteiger partial charge in [0.15, 0.2) is 5.78 Å². The minimum Gasteiger partial charge on any atom is -0.486 e. The van der Waals surface area contributed by atoms with Crippen LogP contribution in [0.15, 0.2) is 18.2 Å². The fraction of sp³-hybridized carbons (Fsp3) is 0.385. The molecule has 0 atom stereocenters. The van der Waals surface area contributed by atoms with Gasteiger partial charge in [-0.25, -0.2) is 0 Å². The smallest absolute Gasteiger partial charge is 0.471 e. The average Bonchev–Trinajstić information content (AvgIpc) is 2.77. The molecule has 1 heterocycles. The summed E-state index contributed by atoms with van der Waals surface area (Å²) in [5.41, 5.74) is 0.839. The van der Waals surface area contributed by atoms with E-state index in [0.29, 0.717) is 16.9 Å². The number of benzene rings is 1. The molecule has 1 aliphatic heterocycles. The van der Waals surface area contributed by atoms with Crippen molar-refractivity contribution in [3.05, 3.63) is 23.8 Å². The zero-order valence-electron chi connectivity index (χ0n) is 10.7. The van der Waals surface area contributed by atoms with Gasteiger partial charge in [0.05, 0.1) is 5.69 Å². The largest absolute Gasteiger partial charge is 0.486 e. The molecule has 1 aromatic carbocycles. The van der Waals surface area contributed by atoms with Crippen molar-refractivity contribution in [2.24, 2.45) is 0 Å². The van der Waals surface area contributed by atoms with Crippen LogP contribution in [0.4, 0.5) is 18.9 Å². The van der Waals surface area contributed by atoms with Crippen molar-refractivity contribution in [1.29, 1.82) is 0 Å². The number of carbonyl (C=O) groups is 2. The van der Waals surface area contributed by atoms with Crippen molar-refractivity contribution in [3.8, 4) is 5.75 Å². The first-order valence-electron chi connectivity index (χ1n) is 5.93. The van der Waals surface area contributed by atoms with Crippen molar-refractivity contribution in [2.75, 3.05) is 18.1 Å². The second-order valence-electron chi connectivity index (χ2n) is 4.49. The second kappa shape index (κ2) is 5.15. The number of fused-ring (bicyclic) bond motifs is 1. The molecule has 7 heteroatoms. The normalized spacial score (nSPS) is 14.1. The number of anilines is 1. The summed E-state index contributed by atoms with van der Waals surface area (Å²) in [4.78, 5) is 22.8. The van der Waals surface area contributed by atoms with E-state index in [2.05, 4.69) is 0 Å². The van der Waals surface area contributed by atoms with Crippen LogP contribution in [-0.4, -0.2) is 31.0 Å². The zero-order chi connectivity index (χ0) is 14.9. The van der Waals surface area contributed by atoms with Crippen molar-refractivity contribution in [3.63, 3.8) is 0 Å². The highest BCUT2D eigenvalue weighted by molar-refractivity contribution is 5.99. The quantitative estimate of drug-likeness (QED) is 0.855. The lowest BCUT2D eigenvalue weighted by molar-refractivity contribution is -0.170. The Morgan fingerprint density at radius 1 is 1.35 bits per heavy atom. The Morgan fingerprint density at radius 2 is 2.05 bits per heavy atom. The van der Waals surface area contributed by atoms with E-state index in [4.69, 9.17) is 4.74 Å². The van der Waals surface area contributed by atoms with Gasteiger partial charge in [0.1, 0.15) is 12.4 Å². The Balaban J connectivity index is 2.24. The topological polar surface area (TPSA) is 46.6 Å². The summed E-state index contributed by atoms with van der Waals surface area (Å²) in [6.45, 7) is 1.17. The molecule has 2 rings (SSSR count). The average molecular weight is 287 g/mol. The summed E-state index contributed by atoms with van der Waals surface area (Å²) < 4.78 is 42.6. The van der Waals surface area contributed by atoms with Gasteiger partial charge in [0.25, 0.3) is 0 Å². The maximum absolute atomic E-state index is 12.5. The Morgan fingerprint density at radius 3 is 2.65 bits per heavy atom. The molecule has 4 nitrogen and oxygen atoms in total. The first-order valence-corrected chi connectivity index (χ1v) is 5.93. The Bertz CT molecular complexity index is 554. The van der Waals surface area contributed by atoms with Crippen molar-refractivity contribution < 1.29 is 27.5 Å². The summed E-state index contributed by atoms with van der Waals surface area (Å²) in [6.07, 6.45) is -4.54. The molecule has 0 saturated carbocycles. The number of rotatable bonds is 3. The minimum absolute atomic E-state index is 0.0101. The summed E-state index contributed by atoms with van der Waals surface area (Å²) in [6, 6.07) is 4.53. The van der Waals surface area contributed by atoms with Gasteiger partial charge in [-0.05, 0) is 25.0 Å². The molecule has 1 aliphatic rings. The molecular weight excluding hydrogens is 275 g/mol. The van der Waals surface area contributed by atoms with Crippen LogP contribution in [0.2, 0.25) is 0 Å². The van der Waals surface area contributed by atoms with Crippen molar-refractivity contribution >= 4 is 17.4 Å². The summed E-state index contributed by atoms with van der Waals surface area (Å²) in [7, 11) is 0. The van der Waals surface area contributed by atoms with Gasteiger partial charge in [-0.3, -0.25) is 9.59 Å². The van der Waals surface area contributed by atoms with E-state index in [1.807, 2.05) is 0 Å². The van der Waals surface area contributed by atoms with Gasteiger partial charge >= 0.3 is 12.1 Å². The number of ether oxygens (including phenoxy) is 1. The lowest BCUT2D eigenvalue weighted by Crippen LogP contribution is -2.40. The number of hydrogen-bond acceptors (Lipinski definition) is 3. The van der Waals surface area contributed by atoms with Crippen molar-refractivity contribution in [2.45, 2.75) is 19.5 Å². The standard InChI is InChI=1S/C13H12F3NO3/c1-8(18)7-20-10-3-2-9-4-5-17(11(9)6-10)12(19)13(14,15)16/h2-3,6H,4-5,7H2,1H3. The number of amides is 1. The Hall–Kier alpha value is -2.05. The SMILES string of the molecule is CC(=O)COc1ccc2c(c1)N(C(=O)C(F)(F)F)CC2. The predicted molar refractivity (Wildman–Crippen MR) is 64.7 cm³/mol. The fourth-order valence-corrected chi connectivity index (χ4v) is 2.00. The van der Waals surface area contributed by atoms with E-state index >= 15 is 0 Å². The van der Waals surface area contributed by atoms with E-state index < -0.39 is 12.1 Å². The van der Waals surface area contributed by atoms with Gasteiger partial charge < -0.3 is 9.64 Å². The summed E-state index contributed by atoms with van der Waals surface area (Å²) >= 11 is 0. The molecule has 0 bridgehead atoms. The molecule has 1 aromatic rings. The number of ketones is 1. The number of Topliss-reactive ketones (excluding diaryl/α,β-unsaturated/α-hetero) is 1. The fourth-order valence-electron chi connectivity index (χ4n) is 2.00. The van der Waals surface area contributed by atoms with Gasteiger partial charge in [-0.1, -0.05) is 6.07 Å². The third kappa shape index (κ3) is 2.92. The van der Waals surface area contributed by atoms with Crippen LogP contribution in [0.5, 0.6) is 5.75 Å². The van der Waals surface area contributed by atoms with Gasteiger partial charge in [-0.2, -0.15) is 13.2 Å². The summed E-state index contributed by atoms with van der Waals surface area (Å²) in [5.74, 6) is -1.82. The van der Waals surface area contributed by atoms with Crippen LogP contribution in [0.3, 0.4) is 0 Å². The molecule has 0 saturated heterocycles. The summed E-state index contributed by atoms with van der Waals surface area (Å²) in [5, 5.41) is 0. The van der Waals surface area contributed by atoms with Crippen LogP contribution in [-0.2, 0) is 16.0 Å². The van der Waals surface area contributed by atoms with E-state index in [-0.39, 0.29) is 30.4 Å². The van der Waals surface area contributed by atoms with Crippen LogP contribution in [0.1, 0.15) is 12.5 Å². The lowest BCUT2D eigenvalue weighted by atomic mass is 10.1.